The van der Waals surface area contributed by atoms with Gasteiger partial charge in [0.15, 0.2) is 0 Å². The van der Waals surface area contributed by atoms with Crippen molar-refractivity contribution >= 4 is 16.1 Å². The summed E-state index contributed by atoms with van der Waals surface area (Å²) in [5, 5.41) is 19.0. The number of esters is 1. The molecular formula is C9H14O7S. The molecule has 0 aromatic carbocycles. The van der Waals surface area contributed by atoms with Crippen LogP contribution in [0.15, 0.2) is 11.6 Å². The Morgan fingerprint density at radius 1 is 1.47 bits per heavy atom. The van der Waals surface area contributed by atoms with Crippen LogP contribution in [0.25, 0.3) is 0 Å². The van der Waals surface area contributed by atoms with E-state index in [0.717, 1.165) is 19.4 Å². The van der Waals surface area contributed by atoms with Crippen molar-refractivity contribution < 1.29 is 32.3 Å². The molecule has 0 heterocycles. The zero-order valence-corrected chi connectivity index (χ0v) is 10.2. The molecule has 7 nitrogen and oxygen atoms in total. The Morgan fingerprint density at radius 2 is 2.06 bits per heavy atom. The molecule has 0 spiro atoms. The van der Waals surface area contributed by atoms with Crippen molar-refractivity contribution in [3.05, 3.63) is 11.6 Å². The normalized spacial score (nSPS) is 29.6. The molecule has 0 aromatic heterocycles. The van der Waals surface area contributed by atoms with Crippen molar-refractivity contribution in [3.8, 4) is 0 Å². The molecule has 3 atom stereocenters. The first-order valence-corrected chi connectivity index (χ1v) is 6.59. The van der Waals surface area contributed by atoms with Gasteiger partial charge >= 0.3 is 5.97 Å². The fourth-order valence-corrected chi connectivity index (χ4v) is 2.16. The molecule has 8 heteroatoms. The van der Waals surface area contributed by atoms with Crippen LogP contribution < -0.4 is 0 Å². The first-order chi connectivity index (χ1) is 7.74. The summed E-state index contributed by atoms with van der Waals surface area (Å²) in [5.74, 6) is -0.696. The van der Waals surface area contributed by atoms with E-state index in [9.17, 15) is 23.4 Å². The number of hydrogen-bond acceptors (Lipinski definition) is 7. The van der Waals surface area contributed by atoms with Crippen LogP contribution in [0.5, 0.6) is 0 Å². The van der Waals surface area contributed by atoms with Crippen LogP contribution >= 0.6 is 0 Å². The highest BCUT2D eigenvalue weighted by molar-refractivity contribution is 7.86. The van der Waals surface area contributed by atoms with E-state index in [-0.39, 0.29) is 12.0 Å². The quantitative estimate of drug-likeness (QED) is 0.475. The predicted molar refractivity (Wildman–Crippen MR) is 56.4 cm³/mol. The summed E-state index contributed by atoms with van der Waals surface area (Å²) in [6.45, 7) is 0. The molecule has 2 unspecified atom stereocenters. The molecule has 1 rings (SSSR count). The Hall–Kier alpha value is -0.960. The van der Waals surface area contributed by atoms with Gasteiger partial charge in [-0.2, -0.15) is 8.42 Å². The summed E-state index contributed by atoms with van der Waals surface area (Å²) >= 11 is 0. The maximum atomic E-state index is 11.2. The van der Waals surface area contributed by atoms with E-state index in [1.165, 1.54) is 0 Å². The van der Waals surface area contributed by atoms with Gasteiger partial charge in [0.25, 0.3) is 10.1 Å². The second kappa shape index (κ2) is 5.13. The SMILES string of the molecule is COC(=O)C1=CC(O)C(O)[C@H](OS(C)(=O)=O)C1. The van der Waals surface area contributed by atoms with Crippen molar-refractivity contribution in [2.24, 2.45) is 0 Å². The van der Waals surface area contributed by atoms with Crippen LogP contribution in [-0.4, -0.2) is 56.3 Å². The van der Waals surface area contributed by atoms with E-state index in [1.807, 2.05) is 0 Å². The minimum Gasteiger partial charge on any atom is -0.466 e. The van der Waals surface area contributed by atoms with E-state index < -0.39 is 34.4 Å². The highest BCUT2D eigenvalue weighted by atomic mass is 32.2. The topological polar surface area (TPSA) is 110 Å². The van der Waals surface area contributed by atoms with E-state index in [1.54, 1.807) is 0 Å². The van der Waals surface area contributed by atoms with E-state index in [0.29, 0.717) is 0 Å². The number of methoxy groups -OCH3 is 1. The standard InChI is InChI=1S/C9H14O7S/c1-15-9(12)5-3-6(10)8(11)7(4-5)16-17(2,13)14/h3,6-8,10-11H,4H2,1-2H3/t6?,7-,8?/m1/s1. The lowest BCUT2D eigenvalue weighted by molar-refractivity contribution is -0.137. The van der Waals surface area contributed by atoms with E-state index in [2.05, 4.69) is 8.92 Å². The van der Waals surface area contributed by atoms with Crippen LogP contribution in [0.2, 0.25) is 0 Å². The molecule has 1 aliphatic rings. The van der Waals surface area contributed by atoms with Gasteiger partial charge < -0.3 is 14.9 Å². The first-order valence-electron chi connectivity index (χ1n) is 4.78. The average molecular weight is 266 g/mol. The van der Waals surface area contributed by atoms with E-state index >= 15 is 0 Å². The first kappa shape index (κ1) is 14.1. The summed E-state index contributed by atoms with van der Waals surface area (Å²) in [6, 6.07) is 0. The molecule has 0 amide bonds. The largest absolute Gasteiger partial charge is 0.466 e. The summed E-state index contributed by atoms with van der Waals surface area (Å²) < 4.78 is 30.9. The van der Waals surface area contributed by atoms with Gasteiger partial charge in [0, 0.05) is 12.0 Å². The molecule has 0 aromatic rings. The van der Waals surface area contributed by atoms with Crippen LogP contribution in [0.4, 0.5) is 0 Å². The molecular weight excluding hydrogens is 252 g/mol. The maximum Gasteiger partial charge on any atom is 0.333 e. The van der Waals surface area contributed by atoms with Crippen molar-refractivity contribution in [1.29, 1.82) is 0 Å². The Kier molecular flexibility index (Phi) is 4.26. The second-order valence-corrected chi connectivity index (χ2v) is 5.31. The Labute approximate surface area is 98.8 Å². The molecule has 2 N–H and O–H groups in total. The lowest BCUT2D eigenvalue weighted by Gasteiger charge is -2.29. The molecule has 1 aliphatic carbocycles. The maximum absolute atomic E-state index is 11.2. The molecule has 0 radical (unpaired) electrons. The van der Waals surface area contributed by atoms with Crippen LogP contribution in [-0.2, 0) is 23.8 Å². The molecule has 0 saturated heterocycles. The zero-order chi connectivity index (χ0) is 13.2. The van der Waals surface area contributed by atoms with Gasteiger partial charge in [-0.3, -0.25) is 4.18 Å². The molecule has 17 heavy (non-hydrogen) atoms. The Bertz CT molecular complexity index is 425. The van der Waals surface area contributed by atoms with Crippen molar-refractivity contribution in [2.45, 2.75) is 24.7 Å². The highest BCUT2D eigenvalue weighted by Crippen LogP contribution is 2.24. The minimum atomic E-state index is -3.79. The molecule has 0 fully saturated rings. The van der Waals surface area contributed by atoms with Gasteiger partial charge in [0.2, 0.25) is 0 Å². The third kappa shape index (κ3) is 3.77. The molecule has 0 aliphatic heterocycles. The monoisotopic (exact) mass is 266 g/mol. The highest BCUT2D eigenvalue weighted by Gasteiger charge is 2.36. The smallest absolute Gasteiger partial charge is 0.333 e. The van der Waals surface area contributed by atoms with Crippen molar-refractivity contribution in [3.63, 3.8) is 0 Å². The molecule has 0 bridgehead atoms. The predicted octanol–water partition coefficient (Wildman–Crippen LogP) is -1.44. The third-order valence-electron chi connectivity index (χ3n) is 2.27. The molecule has 98 valence electrons. The van der Waals surface area contributed by atoms with Gasteiger partial charge in [-0.1, -0.05) is 0 Å². The fraction of sp³-hybridized carbons (Fsp3) is 0.667. The number of rotatable bonds is 3. The number of ether oxygens (including phenoxy) is 1. The van der Waals surface area contributed by atoms with Crippen LogP contribution in [0, 0.1) is 0 Å². The summed E-state index contributed by atoms with van der Waals surface area (Å²) in [7, 11) is -2.63. The van der Waals surface area contributed by atoms with Gasteiger partial charge in [-0.15, -0.1) is 0 Å². The lowest BCUT2D eigenvalue weighted by Crippen LogP contribution is -2.43. The number of hydrogen-bond donors (Lipinski definition) is 2. The second-order valence-electron chi connectivity index (χ2n) is 3.71. The number of carbonyl (C=O) groups is 1. The van der Waals surface area contributed by atoms with E-state index in [4.69, 9.17) is 0 Å². The van der Waals surface area contributed by atoms with Crippen molar-refractivity contribution in [1.82, 2.24) is 0 Å². The number of carbonyl (C=O) groups excluding carboxylic acids is 1. The Morgan fingerprint density at radius 3 is 2.53 bits per heavy atom. The average Bonchev–Trinajstić information content (AvgIpc) is 2.21. The summed E-state index contributed by atoms with van der Waals surface area (Å²) in [4.78, 5) is 11.2. The van der Waals surface area contributed by atoms with Gasteiger partial charge in [0.1, 0.15) is 18.3 Å². The van der Waals surface area contributed by atoms with Crippen LogP contribution in [0.1, 0.15) is 6.42 Å². The molecule has 0 saturated carbocycles. The minimum absolute atomic E-state index is 0.0685. The number of aliphatic hydroxyl groups excluding tert-OH is 2. The van der Waals surface area contributed by atoms with Crippen molar-refractivity contribution in [2.75, 3.05) is 13.4 Å². The zero-order valence-electron chi connectivity index (χ0n) is 9.36. The summed E-state index contributed by atoms with van der Waals surface area (Å²) in [5.41, 5.74) is 0.0685. The van der Waals surface area contributed by atoms with Gasteiger partial charge in [-0.05, 0) is 6.08 Å². The van der Waals surface area contributed by atoms with Crippen LogP contribution in [0.3, 0.4) is 0 Å². The lowest BCUT2D eigenvalue weighted by atomic mass is 9.92. The Balaban J connectivity index is 2.89. The fourth-order valence-electron chi connectivity index (χ4n) is 1.53. The van der Waals surface area contributed by atoms with Gasteiger partial charge in [-0.25, -0.2) is 4.79 Å². The number of aliphatic hydroxyl groups is 2. The third-order valence-corrected chi connectivity index (χ3v) is 2.87. The van der Waals surface area contributed by atoms with Gasteiger partial charge in [0.05, 0.1) is 13.4 Å². The summed E-state index contributed by atoms with van der Waals surface area (Å²) in [6.07, 6.45) is -2.17.